The third-order valence-corrected chi connectivity index (χ3v) is 2.87. The number of aryl methyl sites for hydroxylation is 1. The van der Waals surface area contributed by atoms with Crippen LogP contribution in [0.1, 0.15) is 0 Å². The molecule has 1 N–H and O–H groups in total. The Morgan fingerprint density at radius 1 is 1.36 bits per heavy atom. The molecule has 0 unspecified atom stereocenters. The number of hydrogen-bond donors (Lipinski definition) is 1. The van der Waals surface area contributed by atoms with Crippen molar-refractivity contribution in [1.82, 2.24) is 3.96 Å². The quantitative estimate of drug-likeness (QED) is 0.632. The van der Waals surface area contributed by atoms with Crippen LogP contribution >= 0.6 is 11.5 Å². The lowest BCUT2D eigenvalue weighted by Crippen LogP contribution is -2.23. The van der Waals surface area contributed by atoms with Crippen molar-refractivity contribution in [2.45, 2.75) is 0 Å². The van der Waals surface area contributed by atoms with Crippen molar-refractivity contribution in [2.75, 3.05) is 0 Å². The highest BCUT2D eigenvalue weighted by molar-refractivity contribution is 7.04. The largest absolute Gasteiger partial charge is 0.506 e. The minimum Gasteiger partial charge on any atom is -0.506 e. The van der Waals surface area contributed by atoms with Crippen molar-refractivity contribution < 1.29 is 5.11 Å². The summed E-state index contributed by atoms with van der Waals surface area (Å²) in [6.07, 6.45) is 1.50. The Kier molecular flexibility index (Phi) is 1.89. The Bertz CT molecular complexity index is 655. The van der Waals surface area contributed by atoms with E-state index in [1.165, 1.54) is 18.3 Å². The van der Waals surface area contributed by atoms with E-state index in [2.05, 4.69) is 0 Å². The van der Waals surface area contributed by atoms with Gasteiger partial charge in [-0.3, -0.25) is 9.59 Å². The minimum atomic E-state index is -0.556. The second-order valence-corrected chi connectivity index (χ2v) is 4.09. The van der Waals surface area contributed by atoms with Crippen molar-refractivity contribution in [3.05, 3.63) is 48.5 Å². The SMILES string of the molecule is Cn1cc(O)c2ccc(=O)c(=O)c=2s1. The van der Waals surface area contributed by atoms with Crippen LogP contribution in [0.5, 0.6) is 5.75 Å². The molecule has 1 heterocycles. The van der Waals surface area contributed by atoms with E-state index in [1.54, 1.807) is 11.0 Å². The lowest BCUT2D eigenvalue weighted by atomic mass is 10.3. The Labute approximate surface area is 82.5 Å². The van der Waals surface area contributed by atoms with Gasteiger partial charge in [0.05, 0.1) is 6.20 Å². The van der Waals surface area contributed by atoms with Gasteiger partial charge < -0.3 is 9.06 Å². The first-order chi connectivity index (χ1) is 6.59. The fraction of sp³-hybridized carbons (Fsp3) is 0.111. The number of aromatic nitrogens is 1. The van der Waals surface area contributed by atoms with Gasteiger partial charge in [-0.2, -0.15) is 0 Å². The van der Waals surface area contributed by atoms with Crippen molar-refractivity contribution in [3.63, 3.8) is 0 Å². The van der Waals surface area contributed by atoms with Gasteiger partial charge in [0.15, 0.2) is 0 Å². The maximum absolute atomic E-state index is 11.4. The summed E-state index contributed by atoms with van der Waals surface area (Å²) in [4.78, 5) is 22.5. The highest BCUT2D eigenvalue weighted by atomic mass is 32.1. The molecule has 14 heavy (non-hydrogen) atoms. The van der Waals surface area contributed by atoms with Gasteiger partial charge in [-0.15, -0.1) is 0 Å². The third kappa shape index (κ3) is 1.22. The monoisotopic (exact) mass is 209 g/mol. The van der Waals surface area contributed by atoms with Crippen molar-refractivity contribution in [1.29, 1.82) is 0 Å². The zero-order valence-corrected chi connectivity index (χ0v) is 8.17. The maximum Gasteiger partial charge on any atom is 0.245 e. The second-order valence-electron chi connectivity index (χ2n) is 2.92. The molecule has 5 heteroatoms. The van der Waals surface area contributed by atoms with Gasteiger partial charge >= 0.3 is 0 Å². The van der Waals surface area contributed by atoms with Gasteiger partial charge in [0.1, 0.15) is 10.3 Å². The third-order valence-electron chi connectivity index (χ3n) is 1.89. The predicted molar refractivity (Wildman–Crippen MR) is 52.8 cm³/mol. The molecule has 0 aromatic rings. The summed E-state index contributed by atoms with van der Waals surface area (Å²) in [5.41, 5.74) is -1.10. The normalized spacial score (nSPS) is 10.6. The van der Waals surface area contributed by atoms with Crippen molar-refractivity contribution in [2.24, 2.45) is 7.05 Å². The van der Waals surface area contributed by atoms with Gasteiger partial charge in [0, 0.05) is 12.3 Å². The highest BCUT2D eigenvalue weighted by Crippen LogP contribution is 2.12. The number of hydrogen-bond acceptors (Lipinski definition) is 4. The number of rotatable bonds is 0. The number of aromatic hydroxyl groups is 1. The van der Waals surface area contributed by atoms with Crippen LogP contribution in [-0.4, -0.2) is 9.06 Å². The lowest BCUT2D eigenvalue weighted by molar-refractivity contribution is 0.467. The van der Waals surface area contributed by atoms with Gasteiger partial charge in [-0.25, -0.2) is 0 Å². The zero-order valence-electron chi connectivity index (χ0n) is 7.35. The average Bonchev–Trinajstić information content (AvgIpc) is 2.12. The van der Waals surface area contributed by atoms with Gasteiger partial charge in [0.2, 0.25) is 10.9 Å². The van der Waals surface area contributed by atoms with Crippen LogP contribution < -0.4 is 10.9 Å². The molecule has 0 spiro atoms. The Morgan fingerprint density at radius 2 is 2.07 bits per heavy atom. The molecular formula is C9H7NO3S. The van der Waals surface area contributed by atoms with Crippen LogP contribution in [0.15, 0.2) is 27.9 Å². The first-order valence-electron chi connectivity index (χ1n) is 3.92. The molecule has 1 aliphatic carbocycles. The molecule has 72 valence electrons. The fourth-order valence-electron chi connectivity index (χ4n) is 1.25. The summed E-state index contributed by atoms with van der Waals surface area (Å²) < 4.78 is 1.87. The summed E-state index contributed by atoms with van der Waals surface area (Å²) in [7, 11) is 1.70. The molecule has 0 saturated carbocycles. The van der Waals surface area contributed by atoms with Crippen molar-refractivity contribution >= 4 is 11.5 Å². The lowest BCUT2D eigenvalue weighted by Gasteiger charge is -1.99. The first-order valence-corrected chi connectivity index (χ1v) is 4.70. The first kappa shape index (κ1) is 8.96. The van der Waals surface area contributed by atoms with E-state index in [-0.39, 0.29) is 5.75 Å². The molecule has 0 amide bonds. The van der Waals surface area contributed by atoms with Crippen molar-refractivity contribution in [3.8, 4) is 5.75 Å². The topological polar surface area (TPSA) is 59.3 Å². The smallest absolute Gasteiger partial charge is 0.245 e. The molecule has 4 nitrogen and oxygen atoms in total. The minimum absolute atomic E-state index is 0.0124. The van der Waals surface area contributed by atoms with Crippen LogP contribution in [0.3, 0.4) is 0 Å². The average molecular weight is 209 g/mol. The van der Waals surface area contributed by atoms with Crippen LogP contribution in [0.25, 0.3) is 0 Å². The van der Waals surface area contributed by atoms with Crippen LogP contribution in [0, 0.1) is 9.75 Å². The summed E-state index contributed by atoms with van der Waals surface area (Å²) in [6, 6.07) is 2.64. The van der Waals surface area contributed by atoms with E-state index in [0.717, 1.165) is 11.5 Å². The molecule has 0 saturated heterocycles. The summed E-state index contributed by atoms with van der Waals surface area (Å²) >= 11 is 1.14. The summed E-state index contributed by atoms with van der Waals surface area (Å²) in [5, 5.41) is 9.94. The van der Waals surface area contributed by atoms with Crippen LogP contribution in [-0.2, 0) is 7.05 Å². The molecule has 2 aliphatic rings. The molecule has 0 radical (unpaired) electrons. The summed E-state index contributed by atoms with van der Waals surface area (Å²) in [5.74, 6) is 0.0124. The Balaban J connectivity index is 3.23. The predicted octanol–water partition coefficient (Wildman–Crippen LogP) is 0.237. The second kappa shape index (κ2) is 2.95. The molecule has 0 bridgehead atoms. The van der Waals surface area contributed by atoms with E-state index in [4.69, 9.17) is 0 Å². The van der Waals surface area contributed by atoms with E-state index in [9.17, 15) is 14.7 Å². The Hall–Kier alpha value is -1.62. The van der Waals surface area contributed by atoms with Crippen LogP contribution in [0.2, 0.25) is 0 Å². The molecule has 2 rings (SSSR count). The van der Waals surface area contributed by atoms with Gasteiger partial charge in [-0.1, -0.05) is 11.5 Å². The van der Waals surface area contributed by atoms with Crippen LogP contribution in [0.4, 0.5) is 0 Å². The molecule has 0 aromatic heterocycles. The fourth-order valence-corrected chi connectivity index (χ4v) is 2.14. The zero-order chi connectivity index (χ0) is 10.3. The molecule has 0 atom stereocenters. The molecular weight excluding hydrogens is 202 g/mol. The van der Waals surface area contributed by atoms with Gasteiger partial charge in [0.25, 0.3) is 0 Å². The standard InChI is InChI=1S/C9H7NO3S/c1-10-4-7(12)5-2-3-6(11)8(13)9(5)14-10/h2-4,12H,1H3. The Morgan fingerprint density at radius 3 is 2.79 bits per heavy atom. The van der Waals surface area contributed by atoms with E-state index in [0.29, 0.717) is 9.75 Å². The van der Waals surface area contributed by atoms with Gasteiger partial charge in [-0.05, 0) is 12.1 Å². The molecule has 1 aliphatic heterocycles. The van der Waals surface area contributed by atoms with E-state index in [1.807, 2.05) is 0 Å². The highest BCUT2D eigenvalue weighted by Gasteiger charge is 2.03. The molecule has 0 fully saturated rings. The number of nitrogens with zero attached hydrogens (tertiary/aromatic N) is 1. The maximum atomic E-state index is 11.4. The molecule has 0 aromatic carbocycles. The van der Waals surface area contributed by atoms with E-state index < -0.39 is 10.9 Å². The summed E-state index contributed by atoms with van der Waals surface area (Å²) in [6.45, 7) is 0. The van der Waals surface area contributed by atoms with E-state index >= 15 is 0 Å².